The Hall–Kier alpha value is -1.51. The van der Waals surface area contributed by atoms with Gasteiger partial charge in [-0.1, -0.05) is 20.3 Å². The van der Waals surface area contributed by atoms with E-state index in [1.165, 1.54) is 17.7 Å². The Morgan fingerprint density at radius 3 is 2.67 bits per heavy atom. The molecule has 1 aromatic carbocycles. The Bertz CT molecular complexity index is 548. The zero-order valence-corrected chi connectivity index (χ0v) is 13.9. The Labute approximate surface area is 128 Å². The second-order valence-corrected chi connectivity index (χ2v) is 6.95. The largest absolute Gasteiger partial charge is 0.478 e. The SMILES string of the molecule is CCCCN1c2cc(C)c(C(=O)O)cc2C(C)CC1(C)C. The number of fused-ring (bicyclic) bond motifs is 1. The van der Waals surface area contributed by atoms with Crippen LogP contribution in [0, 0.1) is 6.92 Å². The van der Waals surface area contributed by atoms with Crippen molar-refractivity contribution in [1.82, 2.24) is 0 Å². The fraction of sp³-hybridized carbons (Fsp3) is 0.611. The second-order valence-electron chi connectivity index (χ2n) is 6.95. The molecule has 21 heavy (non-hydrogen) atoms. The van der Waals surface area contributed by atoms with E-state index in [9.17, 15) is 9.90 Å². The van der Waals surface area contributed by atoms with Gasteiger partial charge < -0.3 is 10.0 Å². The van der Waals surface area contributed by atoms with Gasteiger partial charge in [0.25, 0.3) is 0 Å². The molecule has 0 saturated heterocycles. The van der Waals surface area contributed by atoms with Crippen molar-refractivity contribution in [3.63, 3.8) is 0 Å². The molecule has 1 aliphatic rings. The molecule has 0 aromatic heterocycles. The van der Waals surface area contributed by atoms with Crippen LogP contribution in [0.1, 0.15) is 74.4 Å². The minimum atomic E-state index is -0.826. The lowest BCUT2D eigenvalue weighted by Gasteiger charge is -2.48. The van der Waals surface area contributed by atoms with E-state index < -0.39 is 5.97 Å². The van der Waals surface area contributed by atoms with E-state index in [1.54, 1.807) is 0 Å². The molecule has 0 saturated carbocycles. The van der Waals surface area contributed by atoms with Crippen LogP contribution in [-0.2, 0) is 0 Å². The number of rotatable bonds is 4. The molecule has 1 atom stereocenters. The normalized spacial score (nSPS) is 20.2. The minimum Gasteiger partial charge on any atom is -0.478 e. The van der Waals surface area contributed by atoms with Crippen molar-refractivity contribution < 1.29 is 9.90 Å². The number of carboxylic acids is 1. The molecular weight excluding hydrogens is 262 g/mol. The number of benzene rings is 1. The maximum atomic E-state index is 11.4. The fourth-order valence-corrected chi connectivity index (χ4v) is 3.60. The van der Waals surface area contributed by atoms with Crippen molar-refractivity contribution in [1.29, 1.82) is 0 Å². The molecular formula is C18H27NO2. The van der Waals surface area contributed by atoms with Crippen LogP contribution in [0.3, 0.4) is 0 Å². The molecule has 0 amide bonds. The average molecular weight is 289 g/mol. The van der Waals surface area contributed by atoms with E-state index in [4.69, 9.17) is 0 Å². The van der Waals surface area contributed by atoms with Crippen LogP contribution in [0.4, 0.5) is 5.69 Å². The van der Waals surface area contributed by atoms with Crippen LogP contribution < -0.4 is 4.90 Å². The van der Waals surface area contributed by atoms with E-state index in [1.807, 2.05) is 13.0 Å². The van der Waals surface area contributed by atoms with Gasteiger partial charge in [0.2, 0.25) is 0 Å². The van der Waals surface area contributed by atoms with Gasteiger partial charge in [-0.15, -0.1) is 0 Å². The van der Waals surface area contributed by atoms with Crippen LogP contribution >= 0.6 is 0 Å². The Morgan fingerprint density at radius 1 is 1.43 bits per heavy atom. The van der Waals surface area contributed by atoms with Crippen molar-refractivity contribution in [2.75, 3.05) is 11.4 Å². The van der Waals surface area contributed by atoms with E-state index in [0.29, 0.717) is 11.5 Å². The van der Waals surface area contributed by atoms with E-state index in [0.717, 1.165) is 24.9 Å². The van der Waals surface area contributed by atoms with Crippen molar-refractivity contribution in [3.05, 3.63) is 28.8 Å². The summed E-state index contributed by atoms with van der Waals surface area (Å²) in [5.74, 6) is -0.431. The molecule has 0 fully saturated rings. The molecule has 116 valence electrons. The van der Waals surface area contributed by atoms with Crippen LogP contribution in [-0.4, -0.2) is 23.2 Å². The molecule has 1 heterocycles. The monoisotopic (exact) mass is 289 g/mol. The summed E-state index contributed by atoms with van der Waals surface area (Å²) in [6.45, 7) is 11.9. The highest BCUT2D eigenvalue weighted by Crippen LogP contribution is 2.44. The number of unbranched alkanes of at least 4 members (excludes halogenated alkanes) is 1. The Balaban J connectivity index is 2.54. The average Bonchev–Trinajstić information content (AvgIpc) is 2.36. The summed E-state index contributed by atoms with van der Waals surface area (Å²) in [4.78, 5) is 13.9. The second kappa shape index (κ2) is 5.70. The van der Waals surface area contributed by atoms with E-state index >= 15 is 0 Å². The smallest absolute Gasteiger partial charge is 0.335 e. The lowest BCUT2D eigenvalue weighted by molar-refractivity contribution is 0.0696. The topological polar surface area (TPSA) is 40.5 Å². The van der Waals surface area contributed by atoms with E-state index in [-0.39, 0.29) is 5.54 Å². The van der Waals surface area contributed by atoms with Gasteiger partial charge in [0.15, 0.2) is 0 Å². The standard InChI is InChI=1S/C18H27NO2/c1-6-7-8-19-16-9-12(2)15(17(20)21)10-14(16)13(3)11-18(19,4)5/h9-10,13H,6-8,11H2,1-5H3,(H,20,21). The number of carboxylic acid groups (broad SMARTS) is 1. The quantitative estimate of drug-likeness (QED) is 0.881. The molecule has 3 nitrogen and oxygen atoms in total. The molecule has 0 aliphatic carbocycles. The van der Waals surface area contributed by atoms with Gasteiger partial charge >= 0.3 is 5.97 Å². The lowest BCUT2D eigenvalue weighted by atomic mass is 9.79. The number of anilines is 1. The molecule has 3 heteroatoms. The number of hydrogen-bond donors (Lipinski definition) is 1. The summed E-state index contributed by atoms with van der Waals surface area (Å²) >= 11 is 0. The molecule has 1 aromatic rings. The molecule has 2 rings (SSSR count). The number of carbonyl (C=O) groups is 1. The van der Waals surface area contributed by atoms with Gasteiger partial charge in [-0.05, 0) is 62.8 Å². The van der Waals surface area contributed by atoms with Gasteiger partial charge in [0, 0.05) is 17.8 Å². The lowest BCUT2D eigenvalue weighted by Crippen LogP contribution is -2.48. The van der Waals surface area contributed by atoms with Gasteiger partial charge in [-0.3, -0.25) is 0 Å². The summed E-state index contributed by atoms with van der Waals surface area (Å²) in [5, 5.41) is 9.35. The molecule has 0 radical (unpaired) electrons. The third kappa shape index (κ3) is 2.92. The maximum Gasteiger partial charge on any atom is 0.335 e. The van der Waals surface area contributed by atoms with Crippen molar-refractivity contribution in [2.24, 2.45) is 0 Å². The Morgan fingerprint density at radius 2 is 2.10 bits per heavy atom. The van der Waals surface area contributed by atoms with Gasteiger partial charge in [0.1, 0.15) is 0 Å². The van der Waals surface area contributed by atoms with Crippen LogP contribution in [0.15, 0.2) is 12.1 Å². The van der Waals surface area contributed by atoms with Gasteiger partial charge in [-0.25, -0.2) is 4.79 Å². The third-order valence-corrected chi connectivity index (χ3v) is 4.70. The first kappa shape index (κ1) is 15.9. The zero-order valence-electron chi connectivity index (χ0n) is 13.9. The molecule has 1 unspecified atom stereocenters. The number of aromatic carboxylic acids is 1. The molecule has 1 aliphatic heterocycles. The first-order valence-corrected chi connectivity index (χ1v) is 7.93. The molecule has 0 spiro atoms. The summed E-state index contributed by atoms with van der Waals surface area (Å²) in [6.07, 6.45) is 3.40. The number of hydrogen-bond acceptors (Lipinski definition) is 2. The maximum absolute atomic E-state index is 11.4. The fourth-order valence-electron chi connectivity index (χ4n) is 3.60. The highest BCUT2D eigenvalue weighted by molar-refractivity contribution is 5.90. The third-order valence-electron chi connectivity index (χ3n) is 4.70. The Kier molecular flexibility index (Phi) is 4.31. The minimum absolute atomic E-state index is 0.124. The number of aryl methyl sites for hydroxylation is 1. The summed E-state index contributed by atoms with van der Waals surface area (Å²) < 4.78 is 0. The van der Waals surface area contributed by atoms with Crippen molar-refractivity contribution in [2.45, 2.75) is 65.3 Å². The van der Waals surface area contributed by atoms with Gasteiger partial charge in [-0.2, -0.15) is 0 Å². The van der Waals surface area contributed by atoms with Gasteiger partial charge in [0.05, 0.1) is 5.56 Å². The summed E-state index contributed by atoms with van der Waals surface area (Å²) in [6, 6.07) is 3.97. The molecule has 1 N–H and O–H groups in total. The molecule has 0 bridgehead atoms. The number of nitrogens with zero attached hydrogens (tertiary/aromatic N) is 1. The van der Waals surface area contributed by atoms with Crippen LogP contribution in [0.25, 0.3) is 0 Å². The predicted molar refractivity (Wildman–Crippen MR) is 87.5 cm³/mol. The summed E-state index contributed by atoms with van der Waals surface area (Å²) in [7, 11) is 0. The van der Waals surface area contributed by atoms with Crippen LogP contribution in [0.5, 0.6) is 0 Å². The highest BCUT2D eigenvalue weighted by atomic mass is 16.4. The summed E-state index contributed by atoms with van der Waals surface area (Å²) in [5.41, 5.74) is 3.84. The van der Waals surface area contributed by atoms with Crippen molar-refractivity contribution in [3.8, 4) is 0 Å². The first-order chi connectivity index (χ1) is 9.77. The highest BCUT2D eigenvalue weighted by Gasteiger charge is 2.36. The first-order valence-electron chi connectivity index (χ1n) is 7.93. The van der Waals surface area contributed by atoms with Crippen molar-refractivity contribution >= 4 is 11.7 Å². The van der Waals surface area contributed by atoms with Crippen LogP contribution in [0.2, 0.25) is 0 Å². The predicted octanol–water partition coefficient (Wildman–Crippen LogP) is 4.59. The van der Waals surface area contributed by atoms with E-state index in [2.05, 4.69) is 38.7 Å². The zero-order chi connectivity index (χ0) is 15.8.